The average molecular weight is 437 g/mol. The second kappa shape index (κ2) is 8.46. The molecular weight excluding hydrogens is 392 g/mol. The van der Waals surface area contributed by atoms with E-state index in [2.05, 4.69) is 61.5 Å². The number of rotatable bonds is 7. The molecule has 172 valence electrons. The molecule has 30 heavy (non-hydrogen) atoms. The minimum Gasteiger partial charge on any atom is -0.416 e. The van der Waals surface area contributed by atoms with Crippen molar-refractivity contribution in [2.24, 2.45) is 16.7 Å². The van der Waals surface area contributed by atoms with Crippen molar-refractivity contribution in [2.75, 3.05) is 19.8 Å². The van der Waals surface area contributed by atoms with Gasteiger partial charge in [0.05, 0.1) is 13.2 Å². The summed E-state index contributed by atoms with van der Waals surface area (Å²) in [6.45, 7) is 20.3. The molecule has 4 nitrogen and oxygen atoms in total. The molecule has 0 aromatic heterocycles. The number of carbonyl (C=O) groups excluding carboxylic acids is 1. The van der Waals surface area contributed by atoms with Gasteiger partial charge in [-0.3, -0.25) is 4.79 Å². The molecule has 3 aliphatic rings. The fraction of sp³-hybridized carbons (Fsp3) is 0.880. The van der Waals surface area contributed by atoms with E-state index in [1.165, 1.54) is 0 Å². The van der Waals surface area contributed by atoms with Gasteiger partial charge in [0.1, 0.15) is 0 Å². The normalized spacial score (nSPS) is 33.8. The standard InChI is InChI=1S/C25H44O4Si/c1-18(2)30(19(3)4,20(5)6)29-15-14-23(7)21-10-9-12-25(27-16-17-28-25)24(21,8)13-11-22(23)26/h11,13,18-21H,9-10,12,14-17H2,1-8H3/t21-,23-,24-/m0/s1. The van der Waals surface area contributed by atoms with Crippen molar-refractivity contribution in [3.8, 4) is 0 Å². The van der Waals surface area contributed by atoms with Crippen LogP contribution in [0.4, 0.5) is 0 Å². The summed E-state index contributed by atoms with van der Waals surface area (Å²) in [5.74, 6) is -0.109. The molecule has 1 heterocycles. The fourth-order valence-electron chi connectivity index (χ4n) is 7.36. The van der Waals surface area contributed by atoms with Gasteiger partial charge in [-0.05, 0) is 47.9 Å². The number of fused-ring (bicyclic) bond motifs is 2. The summed E-state index contributed by atoms with van der Waals surface area (Å²) in [6.07, 6.45) is 7.68. The Morgan fingerprint density at radius 3 is 2.17 bits per heavy atom. The zero-order chi connectivity index (χ0) is 22.4. The molecule has 0 N–H and O–H groups in total. The highest BCUT2D eigenvalue weighted by Crippen LogP contribution is 2.61. The molecule has 2 fully saturated rings. The topological polar surface area (TPSA) is 44.8 Å². The molecule has 0 amide bonds. The van der Waals surface area contributed by atoms with E-state index in [-0.39, 0.29) is 17.1 Å². The van der Waals surface area contributed by atoms with Crippen LogP contribution in [-0.2, 0) is 18.7 Å². The Balaban J connectivity index is 1.85. The Hall–Kier alpha value is -0.493. The minimum absolute atomic E-state index is 0.214. The Morgan fingerprint density at radius 1 is 1.07 bits per heavy atom. The highest BCUT2D eigenvalue weighted by molar-refractivity contribution is 6.77. The maximum Gasteiger partial charge on any atom is 0.200 e. The highest BCUT2D eigenvalue weighted by atomic mass is 28.4. The molecule has 0 unspecified atom stereocenters. The Morgan fingerprint density at radius 2 is 1.63 bits per heavy atom. The SMILES string of the molecule is CC(C)[Si](OCC[C@]1(C)C(=O)C=C[C@@]2(C)[C@H]1CCCC21OCCO1)(C(C)C)C(C)C. The molecule has 3 rings (SSSR count). The van der Waals surface area contributed by atoms with Crippen LogP contribution in [0.5, 0.6) is 0 Å². The van der Waals surface area contributed by atoms with Gasteiger partial charge >= 0.3 is 0 Å². The molecule has 2 aliphatic carbocycles. The van der Waals surface area contributed by atoms with Gasteiger partial charge in [0.25, 0.3) is 0 Å². The lowest BCUT2D eigenvalue weighted by atomic mass is 9.50. The predicted octanol–water partition coefficient (Wildman–Crippen LogP) is 6.26. The van der Waals surface area contributed by atoms with Gasteiger partial charge in [0.15, 0.2) is 19.9 Å². The summed E-state index contributed by atoms with van der Waals surface area (Å²) in [6, 6.07) is 0. The lowest BCUT2D eigenvalue weighted by molar-refractivity contribution is -0.263. The maximum atomic E-state index is 13.3. The van der Waals surface area contributed by atoms with Crippen molar-refractivity contribution in [3.05, 3.63) is 12.2 Å². The summed E-state index contributed by atoms with van der Waals surface area (Å²) in [7, 11) is -1.94. The van der Waals surface area contributed by atoms with Gasteiger partial charge in [-0.1, -0.05) is 61.5 Å². The van der Waals surface area contributed by atoms with Crippen molar-refractivity contribution in [3.63, 3.8) is 0 Å². The van der Waals surface area contributed by atoms with Crippen LogP contribution in [0.15, 0.2) is 12.2 Å². The zero-order valence-corrected chi connectivity index (χ0v) is 21.5. The van der Waals surface area contributed by atoms with E-state index in [0.717, 1.165) is 25.7 Å². The van der Waals surface area contributed by atoms with Crippen molar-refractivity contribution in [1.82, 2.24) is 0 Å². The third-order valence-corrected chi connectivity index (χ3v) is 15.0. The molecule has 0 aromatic carbocycles. The Bertz CT molecular complexity index is 642. The first kappa shape index (κ1) is 24.2. The van der Waals surface area contributed by atoms with Crippen molar-refractivity contribution < 1.29 is 18.7 Å². The molecule has 0 radical (unpaired) electrons. The minimum atomic E-state index is -1.94. The van der Waals surface area contributed by atoms with Crippen molar-refractivity contribution >= 4 is 14.1 Å². The average Bonchev–Trinajstić information content (AvgIpc) is 3.13. The number of hydrogen-bond donors (Lipinski definition) is 0. The van der Waals surface area contributed by atoms with Gasteiger partial charge in [-0.15, -0.1) is 0 Å². The van der Waals surface area contributed by atoms with E-state index in [1.807, 2.05) is 6.08 Å². The van der Waals surface area contributed by atoms with E-state index < -0.39 is 19.5 Å². The third-order valence-electron chi connectivity index (χ3n) is 8.89. The van der Waals surface area contributed by atoms with Crippen molar-refractivity contribution in [1.29, 1.82) is 0 Å². The molecule has 1 aliphatic heterocycles. The van der Waals surface area contributed by atoms with Gasteiger partial charge < -0.3 is 13.9 Å². The quantitative estimate of drug-likeness (QED) is 0.442. The van der Waals surface area contributed by atoms with Crippen LogP contribution >= 0.6 is 0 Å². The number of ether oxygens (including phenoxy) is 2. The van der Waals surface area contributed by atoms with Crippen LogP contribution in [0.1, 0.15) is 81.1 Å². The maximum absolute atomic E-state index is 13.3. The third kappa shape index (κ3) is 3.48. The van der Waals surface area contributed by atoms with Crippen LogP contribution in [0.25, 0.3) is 0 Å². The first-order valence-electron chi connectivity index (χ1n) is 12.1. The summed E-state index contributed by atoms with van der Waals surface area (Å²) < 4.78 is 19.3. The summed E-state index contributed by atoms with van der Waals surface area (Å²) >= 11 is 0. The smallest absolute Gasteiger partial charge is 0.200 e. The number of carbonyl (C=O) groups is 1. The fourth-order valence-corrected chi connectivity index (χ4v) is 12.8. The monoisotopic (exact) mass is 436 g/mol. The molecule has 1 spiro atoms. The van der Waals surface area contributed by atoms with Crippen LogP contribution in [0.2, 0.25) is 16.6 Å². The van der Waals surface area contributed by atoms with E-state index in [9.17, 15) is 4.79 Å². The summed E-state index contributed by atoms with van der Waals surface area (Å²) in [5, 5.41) is 0. The molecule has 1 saturated heterocycles. The molecule has 0 bridgehead atoms. The van der Waals surface area contributed by atoms with Crippen LogP contribution in [0, 0.1) is 16.7 Å². The molecule has 0 aromatic rings. The molecule has 1 saturated carbocycles. The van der Waals surface area contributed by atoms with Gasteiger partial charge in [0.2, 0.25) is 0 Å². The van der Waals surface area contributed by atoms with E-state index in [0.29, 0.717) is 36.4 Å². The van der Waals surface area contributed by atoms with Gasteiger partial charge in [-0.2, -0.15) is 0 Å². The first-order chi connectivity index (χ1) is 14.0. The summed E-state index contributed by atoms with van der Waals surface area (Å²) in [5.41, 5.74) is 0.951. The number of ketones is 1. The van der Waals surface area contributed by atoms with Crippen LogP contribution < -0.4 is 0 Å². The first-order valence-corrected chi connectivity index (χ1v) is 14.3. The second-order valence-electron chi connectivity index (χ2n) is 11.2. The Kier molecular flexibility index (Phi) is 6.81. The van der Waals surface area contributed by atoms with Crippen LogP contribution in [-0.4, -0.2) is 39.7 Å². The molecule has 5 heteroatoms. The number of hydrogen-bond acceptors (Lipinski definition) is 4. The van der Waals surface area contributed by atoms with E-state index in [4.69, 9.17) is 13.9 Å². The van der Waals surface area contributed by atoms with Gasteiger partial charge in [0, 0.05) is 23.9 Å². The van der Waals surface area contributed by atoms with E-state index in [1.54, 1.807) is 0 Å². The number of allylic oxidation sites excluding steroid dienone is 1. The lowest BCUT2D eigenvalue weighted by Crippen LogP contribution is -2.60. The largest absolute Gasteiger partial charge is 0.416 e. The van der Waals surface area contributed by atoms with E-state index >= 15 is 0 Å². The molecule has 3 atom stereocenters. The lowest BCUT2D eigenvalue weighted by Gasteiger charge is -2.57. The van der Waals surface area contributed by atoms with Gasteiger partial charge in [-0.25, -0.2) is 0 Å². The van der Waals surface area contributed by atoms with Crippen LogP contribution in [0.3, 0.4) is 0 Å². The Labute approximate surface area is 185 Å². The predicted molar refractivity (Wildman–Crippen MR) is 124 cm³/mol. The summed E-state index contributed by atoms with van der Waals surface area (Å²) in [4.78, 5) is 13.3. The highest BCUT2D eigenvalue weighted by Gasteiger charge is 2.64. The zero-order valence-electron chi connectivity index (χ0n) is 20.5. The van der Waals surface area contributed by atoms with Crippen molar-refractivity contribution in [2.45, 2.75) is 103 Å². The molecular formula is C25H44O4Si. The second-order valence-corrected chi connectivity index (χ2v) is 16.7.